The van der Waals surface area contributed by atoms with E-state index in [1.807, 2.05) is 6.92 Å². The Bertz CT molecular complexity index is 510. The highest BCUT2D eigenvalue weighted by Crippen LogP contribution is 2.63. The second kappa shape index (κ2) is 12.3. The van der Waals surface area contributed by atoms with E-state index >= 15 is 0 Å². The van der Waals surface area contributed by atoms with Crippen molar-refractivity contribution in [3.05, 3.63) is 12.3 Å². The van der Waals surface area contributed by atoms with Crippen LogP contribution in [0.1, 0.15) is 39.5 Å². The first-order valence-corrected chi connectivity index (χ1v) is 10.0. The molecule has 0 bridgehead atoms. The van der Waals surface area contributed by atoms with Crippen LogP contribution in [-0.4, -0.2) is 42.4 Å². The Morgan fingerprint density at radius 1 is 1.12 bits per heavy atom. The van der Waals surface area contributed by atoms with Crippen molar-refractivity contribution in [2.24, 2.45) is 0 Å². The largest absolute Gasteiger partial charge is 0.481 e. The fraction of sp³-hybridized carbons (Fsp3) is 0.636. The van der Waals surface area contributed by atoms with E-state index in [-0.39, 0.29) is 19.3 Å². The van der Waals surface area contributed by atoms with Gasteiger partial charge in [0.25, 0.3) is 0 Å². The highest BCUT2D eigenvalue weighted by atomic mass is 31.2. The number of carbonyl (C=O) groups is 2. The maximum Gasteiger partial charge on any atom is 0.370 e. The minimum absolute atomic E-state index is 0.0800. The highest BCUT2D eigenvalue weighted by Gasteiger charge is 2.44. The average Bonchev–Trinajstić information content (AvgIpc) is 2.45. The Morgan fingerprint density at radius 3 is 1.96 bits per heavy atom. The van der Waals surface area contributed by atoms with Gasteiger partial charge in [-0.1, -0.05) is 13.8 Å². The van der Waals surface area contributed by atoms with Gasteiger partial charge in [0.15, 0.2) is 5.40 Å². The van der Waals surface area contributed by atoms with Crippen molar-refractivity contribution in [2.75, 3.05) is 0 Å². The summed E-state index contributed by atoms with van der Waals surface area (Å²) in [6, 6.07) is 0. The van der Waals surface area contributed by atoms with Gasteiger partial charge < -0.3 is 24.5 Å². The zero-order chi connectivity index (χ0) is 19.4. The van der Waals surface area contributed by atoms with Crippen molar-refractivity contribution in [1.29, 1.82) is 0 Å². The summed E-state index contributed by atoms with van der Waals surface area (Å²) in [5, 5.41) is 14.2. The van der Waals surface area contributed by atoms with Crippen LogP contribution in [-0.2, 0) is 28.1 Å². The summed E-state index contributed by atoms with van der Waals surface area (Å²) in [7, 11) is -9.32. The molecule has 2 unspecified atom stereocenters. The van der Waals surface area contributed by atoms with Crippen LogP contribution in [0.2, 0.25) is 0 Å². The minimum atomic E-state index is -4.71. The molecular weight excluding hydrogens is 370 g/mol. The van der Waals surface area contributed by atoms with E-state index in [9.17, 15) is 18.7 Å². The fourth-order valence-corrected chi connectivity index (χ4v) is 3.89. The maximum atomic E-state index is 10.8. The number of carboxylic acid groups (broad SMARTS) is 1. The molecule has 0 saturated heterocycles. The van der Waals surface area contributed by atoms with E-state index in [2.05, 4.69) is 9.41 Å². The lowest BCUT2D eigenvalue weighted by Gasteiger charge is -2.18. The maximum absolute atomic E-state index is 10.8. The summed E-state index contributed by atoms with van der Waals surface area (Å²) >= 11 is 0. The van der Waals surface area contributed by atoms with Gasteiger partial charge in [-0.2, -0.15) is 4.67 Å². The number of carbonyl (C=O) groups excluding carboxylic acids is 1. The molecule has 0 spiro atoms. The topological polar surface area (TPSA) is 188 Å². The molecule has 5 N–H and O–H groups in total. The zero-order valence-corrected chi connectivity index (χ0v) is 14.9. The van der Waals surface area contributed by atoms with E-state index < -0.39 is 32.5 Å². The van der Waals surface area contributed by atoms with Crippen molar-refractivity contribution < 1.29 is 53.2 Å². The Balaban J connectivity index is 0. The van der Waals surface area contributed by atoms with Crippen molar-refractivity contribution >= 4 is 27.1 Å². The van der Waals surface area contributed by atoms with Gasteiger partial charge in [0.2, 0.25) is 0 Å². The molecular formula is C11H22O11P2. The summed E-state index contributed by atoms with van der Waals surface area (Å²) in [6.45, 7) is 3.20. The van der Waals surface area contributed by atoms with Gasteiger partial charge in [-0.05, 0) is 18.9 Å². The van der Waals surface area contributed by atoms with E-state index in [1.165, 1.54) is 13.2 Å². The molecule has 0 saturated carbocycles. The molecule has 0 aromatic carbocycles. The van der Waals surface area contributed by atoms with Crippen LogP contribution in [0.25, 0.3) is 0 Å². The lowest BCUT2D eigenvalue weighted by atomic mass is 10.3. The number of rotatable bonds is 9. The van der Waals surface area contributed by atoms with Crippen LogP contribution in [0.15, 0.2) is 12.3 Å². The third kappa shape index (κ3) is 12.4. The molecule has 142 valence electrons. The van der Waals surface area contributed by atoms with Gasteiger partial charge in [-0.15, -0.1) is 0 Å². The van der Waals surface area contributed by atoms with Gasteiger partial charge in [-0.25, -0.2) is 5.26 Å². The third-order valence-corrected chi connectivity index (χ3v) is 6.59. The second-order valence-electron chi connectivity index (χ2n) is 4.29. The average molecular weight is 392 g/mol. The summed E-state index contributed by atoms with van der Waals surface area (Å²) in [4.78, 5) is 46.5. The first-order chi connectivity index (χ1) is 10.9. The molecule has 0 aliphatic heterocycles. The Morgan fingerprint density at radius 2 is 1.67 bits per heavy atom. The molecule has 0 aromatic heterocycles. The SMILES string of the molecule is CCC(P(=O)(O)O)P(=O)(O)OO.CCC=COC(=O)CCC(=O)O. The molecule has 0 radical (unpaired) electrons. The predicted molar refractivity (Wildman–Crippen MR) is 82.1 cm³/mol. The number of allylic oxidation sites excluding steroid dienone is 1. The van der Waals surface area contributed by atoms with Gasteiger partial charge >= 0.3 is 27.1 Å². The molecule has 0 aromatic rings. The second-order valence-corrected chi connectivity index (χ2v) is 8.41. The fourth-order valence-electron chi connectivity index (χ4n) is 1.20. The molecule has 24 heavy (non-hydrogen) atoms. The molecule has 13 heteroatoms. The minimum Gasteiger partial charge on any atom is -0.481 e. The van der Waals surface area contributed by atoms with Crippen LogP contribution in [0.3, 0.4) is 0 Å². The molecule has 0 heterocycles. The van der Waals surface area contributed by atoms with Crippen LogP contribution in [0.5, 0.6) is 0 Å². The number of hydrogen-bond donors (Lipinski definition) is 5. The Labute approximate surface area is 138 Å². The van der Waals surface area contributed by atoms with Crippen molar-refractivity contribution in [3.63, 3.8) is 0 Å². The lowest BCUT2D eigenvalue weighted by molar-refractivity contribution is -0.146. The molecule has 0 rings (SSSR count). The normalized spacial score (nSPS) is 15.1. The van der Waals surface area contributed by atoms with Gasteiger partial charge in [0, 0.05) is 0 Å². The molecule has 11 nitrogen and oxygen atoms in total. The predicted octanol–water partition coefficient (Wildman–Crippen LogP) is 1.89. The summed E-state index contributed by atoms with van der Waals surface area (Å²) in [6.07, 6.45) is 3.22. The van der Waals surface area contributed by atoms with Crippen molar-refractivity contribution in [2.45, 2.75) is 44.9 Å². The summed E-state index contributed by atoms with van der Waals surface area (Å²) in [5.74, 6) is -1.51. The Hall–Kier alpha value is -1.06. The van der Waals surface area contributed by atoms with Gasteiger partial charge in [0.05, 0.1) is 19.1 Å². The van der Waals surface area contributed by atoms with Crippen LogP contribution >= 0.6 is 15.2 Å². The quantitative estimate of drug-likeness (QED) is 0.127. The first kappa shape index (κ1) is 25.2. The van der Waals surface area contributed by atoms with E-state index in [1.54, 1.807) is 6.08 Å². The number of hydrogen-bond acceptors (Lipinski definition) is 7. The standard InChI is InChI=1S/C8H12O4.C3H10O7P2/c1-2-3-6-12-8(11)5-4-7(9)10;1-2-3(11(5,6)7)12(8,9)10-4/h3,6H,2,4-5H2,1H3,(H,9,10);3-4H,2H2,1H3,(H,8,9)(H2,5,6,7). The van der Waals surface area contributed by atoms with Gasteiger partial charge in [-0.3, -0.25) is 18.7 Å². The Kier molecular flexibility index (Phi) is 12.9. The lowest BCUT2D eigenvalue weighted by Crippen LogP contribution is -2.08. The highest BCUT2D eigenvalue weighted by molar-refractivity contribution is 7.71. The van der Waals surface area contributed by atoms with E-state index in [0.29, 0.717) is 0 Å². The monoisotopic (exact) mass is 392 g/mol. The molecule has 0 fully saturated rings. The summed E-state index contributed by atoms with van der Waals surface area (Å²) < 4.78 is 29.0. The van der Waals surface area contributed by atoms with E-state index in [0.717, 1.165) is 6.42 Å². The number of aliphatic carboxylic acids is 1. The number of ether oxygens (including phenoxy) is 1. The van der Waals surface area contributed by atoms with Crippen molar-refractivity contribution in [3.8, 4) is 0 Å². The van der Waals surface area contributed by atoms with Crippen LogP contribution in [0.4, 0.5) is 0 Å². The zero-order valence-electron chi connectivity index (χ0n) is 13.1. The number of carboxylic acids is 1. The summed E-state index contributed by atoms with van der Waals surface area (Å²) in [5.41, 5.74) is 0. The van der Waals surface area contributed by atoms with Crippen LogP contribution in [0, 0.1) is 0 Å². The molecule has 0 aliphatic carbocycles. The van der Waals surface area contributed by atoms with Crippen molar-refractivity contribution in [1.82, 2.24) is 0 Å². The smallest absolute Gasteiger partial charge is 0.370 e. The third-order valence-electron chi connectivity index (χ3n) is 2.32. The number of esters is 1. The molecule has 0 amide bonds. The van der Waals surface area contributed by atoms with Gasteiger partial charge in [0.1, 0.15) is 0 Å². The molecule has 2 atom stereocenters. The molecule has 0 aliphatic rings. The van der Waals surface area contributed by atoms with Crippen LogP contribution < -0.4 is 0 Å². The van der Waals surface area contributed by atoms with E-state index in [4.69, 9.17) is 25.0 Å². The first-order valence-electron chi connectivity index (χ1n) is 6.69.